The van der Waals surface area contributed by atoms with Crippen molar-refractivity contribution in [1.29, 1.82) is 0 Å². The van der Waals surface area contributed by atoms with Crippen molar-refractivity contribution in [2.75, 3.05) is 25.0 Å². The molecule has 0 spiro atoms. The Bertz CT molecular complexity index is 1550. The van der Waals surface area contributed by atoms with Crippen LogP contribution in [0.4, 0.5) is 14.9 Å². The van der Waals surface area contributed by atoms with Crippen molar-refractivity contribution in [2.24, 2.45) is 0 Å². The van der Waals surface area contributed by atoms with E-state index in [0.29, 0.717) is 41.1 Å². The van der Waals surface area contributed by atoms with Gasteiger partial charge in [-0.05, 0) is 55.2 Å². The van der Waals surface area contributed by atoms with E-state index >= 15 is 0 Å². The zero-order chi connectivity index (χ0) is 28.3. The monoisotopic (exact) mass is 580 g/mol. The molecule has 2 N–H and O–H groups in total. The summed E-state index contributed by atoms with van der Waals surface area (Å²) in [5.41, 5.74) is 2.68. The van der Waals surface area contributed by atoms with Crippen LogP contribution in [0.2, 0.25) is 5.02 Å². The van der Waals surface area contributed by atoms with E-state index < -0.39 is 6.09 Å². The molecule has 214 valence electrons. The molecule has 2 aromatic carbocycles. The van der Waals surface area contributed by atoms with E-state index in [2.05, 4.69) is 24.8 Å². The Morgan fingerprint density at radius 3 is 2.71 bits per heavy atom. The minimum Gasteiger partial charge on any atom is -0.474 e. The number of nitrogens with one attached hydrogen (secondary N) is 1. The van der Waals surface area contributed by atoms with Crippen molar-refractivity contribution < 1.29 is 23.8 Å². The molecule has 0 aliphatic carbocycles. The summed E-state index contributed by atoms with van der Waals surface area (Å²) in [5.74, 6) is 1.51. The number of halogens is 2. The smallest absolute Gasteiger partial charge is 0.409 e. The first-order chi connectivity index (χ1) is 19.9. The van der Waals surface area contributed by atoms with Crippen LogP contribution in [0.15, 0.2) is 48.7 Å². The molecule has 6 rings (SSSR count). The fourth-order valence-electron chi connectivity index (χ4n) is 5.26. The van der Waals surface area contributed by atoms with Crippen LogP contribution in [0.25, 0.3) is 11.0 Å². The Kier molecular flexibility index (Phi) is 8.00. The molecular formula is C29H30ClFN6O4. The highest BCUT2D eigenvalue weighted by Crippen LogP contribution is 2.26. The molecule has 0 saturated carbocycles. The molecular weight excluding hydrogens is 551 g/mol. The van der Waals surface area contributed by atoms with Gasteiger partial charge in [0.2, 0.25) is 5.88 Å². The number of aromatic nitrogens is 4. The number of hydrogen-bond donors (Lipinski definition) is 2. The molecule has 10 nitrogen and oxygen atoms in total. The first-order valence-corrected chi connectivity index (χ1v) is 14.0. The van der Waals surface area contributed by atoms with Crippen molar-refractivity contribution >= 4 is 34.4 Å². The summed E-state index contributed by atoms with van der Waals surface area (Å²) >= 11 is 5.86. The van der Waals surface area contributed by atoms with E-state index in [1.165, 1.54) is 6.07 Å². The lowest BCUT2D eigenvalue weighted by Crippen LogP contribution is -2.39. The number of carbonyl (C=O) groups is 1. The van der Waals surface area contributed by atoms with Crippen LogP contribution in [-0.4, -0.2) is 67.5 Å². The van der Waals surface area contributed by atoms with Gasteiger partial charge in [-0.25, -0.2) is 19.2 Å². The van der Waals surface area contributed by atoms with Crippen LogP contribution in [-0.2, 0) is 24.2 Å². The molecule has 12 heteroatoms. The van der Waals surface area contributed by atoms with Crippen molar-refractivity contribution in [3.05, 3.63) is 76.7 Å². The second-order valence-electron chi connectivity index (χ2n) is 10.4. The molecule has 1 amide bonds. The topological polar surface area (TPSA) is 115 Å². The molecule has 2 fully saturated rings. The Hall–Kier alpha value is -3.80. The number of imidazole rings is 1. The van der Waals surface area contributed by atoms with Crippen LogP contribution in [0.3, 0.4) is 0 Å². The van der Waals surface area contributed by atoms with E-state index in [9.17, 15) is 9.18 Å². The summed E-state index contributed by atoms with van der Waals surface area (Å²) in [6.07, 6.45) is 3.61. The maximum Gasteiger partial charge on any atom is 0.409 e. The molecule has 1 unspecified atom stereocenters. The van der Waals surface area contributed by atoms with Gasteiger partial charge in [-0.3, -0.25) is 10.2 Å². The van der Waals surface area contributed by atoms with Gasteiger partial charge in [0, 0.05) is 49.1 Å². The maximum atomic E-state index is 14.2. The van der Waals surface area contributed by atoms with Gasteiger partial charge in [0.25, 0.3) is 0 Å². The molecule has 4 aromatic rings. The quantitative estimate of drug-likeness (QED) is 0.280. The number of rotatable bonds is 9. The highest BCUT2D eigenvalue weighted by molar-refractivity contribution is 6.30. The molecule has 2 aromatic heterocycles. The third-order valence-corrected chi connectivity index (χ3v) is 7.72. The van der Waals surface area contributed by atoms with Gasteiger partial charge in [-0.2, -0.15) is 4.98 Å². The molecule has 2 aliphatic rings. The molecule has 1 atom stereocenters. The van der Waals surface area contributed by atoms with E-state index in [0.717, 1.165) is 55.8 Å². The summed E-state index contributed by atoms with van der Waals surface area (Å²) in [6.45, 7) is 3.81. The van der Waals surface area contributed by atoms with E-state index in [1.54, 1.807) is 36.5 Å². The number of piperidine rings is 1. The predicted octanol–water partition coefficient (Wildman–Crippen LogP) is 5.13. The molecule has 2 aliphatic heterocycles. The highest BCUT2D eigenvalue weighted by atomic mass is 35.5. The normalized spacial score (nSPS) is 17.9. The molecule has 0 bridgehead atoms. The van der Waals surface area contributed by atoms with E-state index in [1.807, 2.05) is 6.07 Å². The number of hydrogen-bond acceptors (Lipinski definition) is 7. The van der Waals surface area contributed by atoms with Gasteiger partial charge >= 0.3 is 6.09 Å². The van der Waals surface area contributed by atoms with E-state index in [4.69, 9.17) is 31.2 Å². The van der Waals surface area contributed by atoms with Gasteiger partial charge in [0.1, 0.15) is 23.6 Å². The van der Waals surface area contributed by atoms with Gasteiger partial charge in [-0.15, -0.1) is 0 Å². The summed E-state index contributed by atoms with van der Waals surface area (Å²) < 4.78 is 28.3. The summed E-state index contributed by atoms with van der Waals surface area (Å²) in [6, 6.07) is 11.7. The number of nitrogens with zero attached hydrogens (tertiary/aromatic N) is 5. The number of amides is 1. The highest BCUT2D eigenvalue weighted by Gasteiger charge is 2.26. The fourth-order valence-corrected chi connectivity index (χ4v) is 5.42. The van der Waals surface area contributed by atoms with Crippen molar-refractivity contribution in [3.8, 4) is 5.88 Å². The number of benzene rings is 2. The maximum absolute atomic E-state index is 14.2. The number of fused-ring (bicyclic) bond motifs is 1. The average Bonchev–Trinajstić information content (AvgIpc) is 3.24. The zero-order valence-corrected chi connectivity index (χ0v) is 23.1. The SMILES string of the molecule is O=C(O)Nc1ccc2c(c1)nc(CN1CCC(Oc3ccnc(Cc4ccc(Cl)cc4F)n3)CC1)n2CC1CCO1. The Morgan fingerprint density at radius 2 is 1.98 bits per heavy atom. The summed E-state index contributed by atoms with van der Waals surface area (Å²) in [7, 11) is 0. The molecule has 4 heterocycles. The lowest BCUT2D eigenvalue weighted by Gasteiger charge is -2.32. The standard InChI is InChI=1S/C29H30ClFN6O4/c30-19-2-1-18(23(31)14-19)13-26-32-9-5-28(35-26)41-21-6-10-36(11-7-21)17-27-34-24-15-20(33-29(38)39)3-4-25(24)37(27)16-22-8-12-40-22/h1-5,9,14-15,21-22,33H,6-8,10-13,16-17H2,(H,38,39). The average molecular weight is 581 g/mol. The number of carboxylic acid groups (broad SMARTS) is 1. The largest absolute Gasteiger partial charge is 0.474 e. The third-order valence-electron chi connectivity index (χ3n) is 7.49. The number of likely N-dealkylation sites (tertiary alicyclic amines) is 1. The van der Waals surface area contributed by atoms with Crippen LogP contribution >= 0.6 is 11.6 Å². The van der Waals surface area contributed by atoms with Crippen LogP contribution in [0.1, 0.15) is 36.5 Å². The van der Waals surface area contributed by atoms with Crippen molar-refractivity contribution in [3.63, 3.8) is 0 Å². The second kappa shape index (κ2) is 12.0. The van der Waals surface area contributed by atoms with Gasteiger partial charge < -0.3 is 19.1 Å². The van der Waals surface area contributed by atoms with Gasteiger partial charge in [0.15, 0.2) is 0 Å². The lowest BCUT2D eigenvalue weighted by atomic mass is 10.1. The predicted molar refractivity (Wildman–Crippen MR) is 151 cm³/mol. The van der Waals surface area contributed by atoms with Gasteiger partial charge in [-0.1, -0.05) is 17.7 Å². The first kappa shape index (κ1) is 27.4. The Morgan fingerprint density at radius 1 is 1.15 bits per heavy atom. The summed E-state index contributed by atoms with van der Waals surface area (Å²) in [4.78, 5) is 27.1. The Labute approximate surface area is 241 Å². The van der Waals surface area contributed by atoms with Crippen molar-refractivity contribution in [2.45, 2.75) is 51.0 Å². The molecule has 2 saturated heterocycles. The number of ether oxygens (including phenoxy) is 2. The Balaban J connectivity index is 1.09. The minimum atomic E-state index is -1.11. The third kappa shape index (κ3) is 6.58. The van der Waals surface area contributed by atoms with Crippen LogP contribution in [0, 0.1) is 5.82 Å². The van der Waals surface area contributed by atoms with E-state index in [-0.39, 0.29) is 24.4 Å². The summed E-state index contributed by atoms with van der Waals surface area (Å²) in [5, 5.41) is 11.8. The molecule has 41 heavy (non-hydrogen) atoms. The number of anilines is 1. The lowest BCUT2D eigenvalue weighted by molar-refractivity contribution is -0.0592. The fraction of sp³-hybridized carbons (Fsp3) is 0.379. The second-order valence-corrected chi connectivity index (χ2v) is 10.8. The van der Waals surface area contributed by atoms with Crippen molar-refractivity contribution in [1.82, 2.24) is 24.4 Å². The van der Waals surface area contributed by atoms with Crippen LogP contribution in [0.5, 0.6) is 5.88 Å². The van der Waals surface area contributed by atoms with Crippen LogP contribution < -0.4 is 10.1 Å². The zero-order valence-electron chi connectivity index (χ0n) is 22.3. The molecule has 0 radical (unpaired) electrons. The van der Waals surface area contributed by atoms with Gasteiger partial charge in [0.05, 0.1) is 30.2 Å². The first-order valence-electron chi connectivity index (χ1n) is 13.6. The minimum absolute atomic E-state index is 0.00751.